The third kappa shape index (κ3) is 5.27. The Bertz CT molecular complexity index is 579. The highest BCUT2D eigenvalue weighted by molar-refractivity contribution is 5.75. The van der Waals surface area contributed by atoms with Gasteiger partial charge in [-0.3, -0.25) is 0 Å². The van der Waals surface area contributed by atoms with Crippen LogP contribution in [0.4, 0.5) is 4.79 Å². The molecule has 1 aliphatic rings. The second-order valence-corrected chi connectivity index (χ2v) is 6.67. The highest BCUT2D eigenvalue weighted by Crippen LogP contribution is 2.30. The topological polar surface area (TPSA) is 60.0 Å². The molecule has 0 aliphatic carbocycles. The summed E-state index contributed by atoms with van der Waals surface area (Å²) in [5, 5.41) is 3.12. The van der Waals surface area contributed by atoms with Gasteiger partial charge in [0.2, 0.25) is 0 Å². The van der Waals surface area contributed by atoms with Crippen molar-refractivity contribution in [2.24, 2.45) is 0 Å². The Morgan fingerprint density at radius 2 is 2.08 bits per heavy atom. The summed E-state index contributed by atoms with van der Waals surface area (Å²) in [4.78, 5) is 14.7. The van der Waals surface area contributed by atoms with E-state index in [9.17, 15) is 4.79 Å². The molecule has 6 heteroatoms. The van der Waals surface area contributed by atoms with Gasteiger partial charge < -0.3 is 24.4 Å². The summed E-state index contributed by atoms with van der Waals surface area (Å²) in [6, 6.07) is 6.01. The van der Waals surface area contributed by atoms with Crippen molar-refractivity contribution in [2.45, 2.75) is 51.6 Å². The number of carbonyl (C=O) groups excluding carboxylic acids is 1. The number of benzene rings is 1. The van der Waals surface area contributed by atoms with Crippen LogP contribution in [0.25, 0.3) is 0 Å². The zero-order chi connectivity index (χ0) is 18.9. The summed E-state index contributed by atoms with van der Waals surface area (Å²) in [6.07, 6.45) is 4.39. The van der Waals surface area contributed by atoms with Crippen LogP contribution in [0.2, 0.25) is 0 Å². The molecule has 1 aromatic carbocycles. The maximum Gasteiger partial charge on any atom is 0.318 e. The van der Waals surface area contributed by atoms with E-state index in [0.717, 1.165) is 31.4 Å². The molecule has 1 aliphatic heterocycles. The third-order valence-corrected chi connectivity index (χ3v) is 4.93. The van der Waals surface area contributed by atoms with E-state index in [2.05, 4.69) is 12.2 Å². The SMILES string of the molecule is CCC1CCCCN1C(=O)NC(C)c1ccc(OCCOC)c(OC)c1. The lowest BCUT2D eigenvalue weighted by atomic mass is 10.0. The smallest absolute Gasteiger partial charge is 0.318 e. The van der Waals surface area contributed by atoms with E-state index in [1.54, 1.807) is 14.2 Å². The van der Waals surface area contributed by atoms with Crippen LogP contribution >= 0.6 is 0 Å². The zero-order valence-electron chi connectivity index (χ0n) is 16.4. The second kappa shape index (κ2) is 10.3. The van der Waals surface area contributed by atoms with Crippen LogP contribution in [0.3, 0.4) is 0 Å². The molecular weight excluding hydrogens is 332 g/mol. The Balaban J connectivity index is 2.01. The molecule has 1 fully saturated rings. The predicted octanol–water partition coefficient (Wildman–Crippen LogP) is 3.76. The predicted molar refractivity (Wildman–Crippen MR) is 102 cm³/mol. The molecule has 1 aromatic rings. The van der Waals surface area contributed by atoms with Crippen LogP contribution in [0.15, 0.2) is 18.2 Å². The average Bonchev–Trinajstić information content (AvgIpc) is 2.68. The van der Waals surface area contributed by atoms with E-state index in [-0.39, 0.29) is 12.1 Å². The molecule has 0 saturated carbocycles. The molecule has 0 spiro atoms. The van der Waals surface area contributed by atoms with Gasteiger partial charge in [0.1, 0.15) is 6.61 Å². The number of hydrogen-bond acceptors (Lipinski definition) is 4. The fourth-order valence-corrected chi connectivity index (χ4v) is 3.35. The molecule has 0 aromatic heterocycles. The fraction of sp³-hybridized carbons (Fsp3) is 0.650. The normalized spacial score (nSPS) is 18.3. The Morgan fingerprint density at radius 3 is 2.77 bits per heavy atom. The molecule has 2 amide bonds. The zero-order valence-corrected chi connectivity index (χ0v) is 16.4. The average molecular weight is 364 g/mol. The number of hydrogen-bond donors (Lipinski definition) is 1. The molecule has 2 rings (SSSR count). The molecule has 1 heterocycles. The fourth-order valence-electron chi connectivity index (χ4n) is 3.35. The van der Waals surface area contributed by atoms with Crippen LogP contribution in [0.5, 0.6) is 11.5 Å². The van der Waals surface area contributed by atoms with E-state index in [4.69, 9.17) is 14.2 Å². The number of methoxy groups -OCH3 is 2. The molecule has 26 heavy (non-hydrogen) atoms. The summed E-state index contributed by atoms with van der Waals surface area (Å²) < 4.78 is 16.1. The summed E-state index contributed by atoms with van der Waals surface area (Å²) in [6.45, 7) is 5.96. The molecule has 146 valence electrons. The number of urea groups is 1. The van der Waals surface area contributed by atoms with Crippen LogP contribution in [0, 0.1) is 0 Å². The maximum absolute atomic E-state index is 12.7. The Hall–Kier alpha value is -1.95. The second-order valence-electron chi connectivity index (χ2n) is 6.67. The number of rotatable bonds is 8. The first kappa shape index (κ1) is 20.4. The van der Waals surface area contributed by atoms with Gasteiger partial charge in [0.15, 0.2) is 11.5 Å². The van der Waals surface area contributed by atoms with Gasteiger partial charge in [0, 0.05) is 19.7 Å². The number of nitrogens with one attached hydrogen (secondary N) is 1. The molecule has 0 radical (unpaired) electrons. The molecule has 6 nitrogen and oxygen atoms in total. The van der Waals surface area contributed by atoms with Crippen molar-refractivity contribution >= 4 is 6.03 Å². The van der Waals surface area contributed by atoms with Gasteiger partial charge in [-0.15, -0.1) is 0 Å². The lowest BCUT2D eigenvalue weighted by Gasteiger charge is -2.36. The first-order valence-corrected chi connectivity index (χ1v) is 9.47. The van der Waals surface area contributed by atoms with Crippen molar-refractivity contribution in [3.63, 3.8) is 0 Å². The largest absolute Gasteiger partial charge is 0.493 e. The van der Waals surface area contributed by atoms with Crippen LogP contribution in [-0.2, 0) is 4.74 Å². The minimum atomic E-state index is -0.108. The molecule has 0 bridgehead atoms. The lowest BCUT2D eigenvalue weighted by molar-refractivity contribution is 0.144. The minimum absolute atomic E-state index is 0.0171. The van der Waals surface area contributed by atoms with E-state index in [1.165, 1.54) is 6.42 Å². The Kier molecular flexibility index (Phi) is 8.04. The van der Waals surface area contributed by atoms with Gasteiger partial charge in [0.05, 0.1) is 19.8 Å². The van der Waals surface area contributed by atoms with E-state index in [0.29, 0.717) is 30.8 Å². The maximum atomic E-state index is 12.7. The van der Waals surface area contributed by atoms with Crippen molar-refractivity contribution in [2.75, 3.05) is 34.0 Å². The van der Waals surface area contributed by atoms with Gasteiger partial charge >= 0.3 is 6.03 Å². The number of carbonyl (C=O) groups is 1. The first-order chi connectivity index (χ1) is 12.6. The van der Waals surface area contributed by atoms with Gasteiger partial charge in [-0.1, -0.05) is 13.0 Å². The quantitative estimate of drug-likeness (QED) is 0.714. The first-order valence-electron chi connectivity index (χ1n) is 9.47. The number of piperidine rings is 1. The Labute approximate surface area is 156 Å². The van der Waals surface area contributed by atoms with Crippen molar-refractivity contribution in [3.05, 3.63) is 23.8 Å². The number of amides is 2. The number of nitrogens with zero attached hydrogens (tertiary/aromatic N) is 1. The van der Waals surface area contributed by atoms with Crippen molar-refractivity contribution in [1.29, 1.82) is 0 Å². The monoisotopic (exact) mass is 364 g/mol. The minimum Gasteiger partial charge on any atom is -0.493 e. The van der Waals surface area contributed by atoms with Crippen molar-refractivity contribution in [3.8, 4) is 11.5 Å². The summed E-state index contributed by atoms with van der Waals surface area (Å²) in [5.41, 5.74) is 0.986. The van der Waals surface area contributed by atoms with E-state index >= 15 is 0 Å². The van der Waals surface area contributed by atoms with Crippen LogP contribution in [-0.4, -0.2) is 51.0 Å². The van der Waals surface area contributed by atoms with Crippen molar-refractivity contribution in [1.82, 2.24) is 10.2 Å². The summed E-state index contributed by atoms with van der Waals surface area (Å²) >= 11 is 0. The highest BCUT2D eigenvalue weighted by atomic mass is 16.5. The molecule has 1 N–H and O–H groups in total. The van der Waals surface area contributed by atoms with Crippen LogP contribution < -0.4 is 14.8 Å². The number of ether oxygens (including phenoxy) is 3. The Morgan fingerprint density at radius 1 is 1.27 bits per heavy atom. The summed E-state index contributed by atoms with van der Waals surface area (Å²) in [7, 11) is 3.25. The van der Waals surface area contributed by atoms with Gasteiger partial charge in [-0.05, 0) is 50.3 Å². The van der Waals surface area contributed by atoms with Crippen molar-refractivity contribution < 1.29 is 19.0 Å². The van der Waals surface area contributed by atoms with Gasteiger partial charge in [-0.2, -0.15) is 0 Å². The van der Waals surface area contributed by atoms with Gasteiger partial charge in [0.25, 0.3) is 0 Å². The standard InChI is InChI=1S/C20H32N2O4/c1-5-17-8-6-7-11-22(17)20(23)21-15(2)16-9-10-18(19(14-16)25-4)26-13-12-24-3/h9-10,14-15,17H,5-8,11-13H2,1-4H3,(H,21,23). The lowest BCUT2D eigenvalue weighted by Crippen LogP contribution is -2.48. The number of likely N-dealkylation sites (tertiary alicyclic amines) is 1. The molecule has 1 saturated heterocycles. The van der Waals surface area contributed by atoms with E-state index < -0.39 is 0 Å². The third-order valence-electron chi connectivity index (χ3n) is 4.93. The molecule has 2 atom stereocenters. The molecular formula is C20H32N2O4. The molecule has 2 unspecified atom stereocenters. The van der Waals surface area contributed by atoms with Gasteiger partial charge in [-0.25, -0.2) is 4.79 Å². The van der Waals surface area contributed by atoms with E-state index in [1.807, 2.05) is 30.0 Å². The van der Waals surface area contributed by atoms with Crippen LogP contribution in [0.1, 0.15) is 51.1 Å². The summed E-state index contributed by atoms with van der Waals surface area (Å²) in [5.74, 6) is 1.33. The highest BCUT2D eigenvalue weighted by Gasteiger charge is 2.26.